The van der Waals surface area contributed by atoms with Gasteiger partial charge >= 0.3 is 25.7 Å². The van der Waals surface area contributed by atoms with Crippen molar-refractivity contribution in [2.24, 2.45) is 0 Å². The van der Waals surface area contributed by atoms with E-state index in [1.807, 2.05) is 12.2 Å². The highest BCUT2D eigenvalue weighted by Crippen LogP contribution is 2.43. The number of rotatable bonds is 55. The van der Waals surface area contributed by atoms with Crippen LogP contribution in [0.5, 0.6) is 0 Å². The average molecular weight is 1110 g/mol. The van der Waals surface area contributed by atoms with Crippen molar-refractivity contribution in [2.75, 3.05) is 26.4 Å². The summed E-state index contributed by atoms with van der Waals surface area (Å²) in [6.07, 6.45) is 73.2. The first-order valence-corrected chi connectivity index (χ1v) is 31.9. The van der Waals surface area contributed by atoms with Crippen LogP contribution in [0.25, 0.3) is 0 Å². The van der Waals surface area contributed by atoms with Gasteiger partial charge in [0.05, 0.1) is 19.8 Å². The van der Waals surface area contributed by atoms with Crippen LogP contribution in [0, 0.1) is 0 Å². The summed E-state index contributed by atoms with van der Waals surface area (Å²) in [5, 5.41) is 9.80. The fourth-order valence-corrected chi connectivity index (χ4v) is 8.59. The standard InChI is InChI=1S/C66H109O11P/c1-4-7-10-13-16-19-22-25-27-29-31-33-35-38-40-43-46-49-52-55-64(68)73-59-63(77-66(70)57-54-51-48-45-42-39-36-34-32-30-28-26-23-20-17-14-11-8-5-2)61-75-78(71,72)74-60-62(58-67)76-65(69)56-53-50-47-44-41-37-24-21-18-15-12-9-6-3/h8-9,11-12,17-18,20-21,25-28,32,34,37,39,41-42,47,50,62-63,67H,4-7,10,13-16,19,22-24,29-31,33,35-36,38,40,43-46,48-49,51-61H2,1-3H3,(H,71,72)/b11-8-,12-9-,20-17-,21-18-,27-25-,28-26-,34-32-,41-37-,42-39-,50-47-. The molecule has 0 aromatic heterocycles. The molecule has 3 atom stereocenters. The van der Waals surface area contributed by atoms with Crippen LogP contribution >= 0.6 is 7.82 Å². The molecule has 0 radical (unpaired) electrons. The van der Waals surface area contributed by atoms with Crippen molar-refractivity contribution in [3.63, 3.8) is 0 Å². The van der Waals surface area contributed by atoms with Crippen molar-refractivity contribution in [1.29, 1.82) is 0 Å². The maximum Gasteiger partial charge on any atom is 0.472 e. The molecular weight excluding hydrogens is 1000 g/mol. The lowest BCUT2D eigenvalue weighted by Crippen LogP contribution is -2.30. The molecule has 11 nitrogen and oxygen atoms in total. The van der Waals surface area contributed by atoms with Gasteiger partial charge in [-0.3, -0.25) is 23.4 Å². The highest BCUT2D eigenvalue weighted by atomic mass is 31.2. The zero-order chi connectivity index (χ0) is 56.9. The monoisotopic (exact) mass is 1110 g/mol. The highest BCUT2D eigenvalue weighted by molar-refractivity contribution is 7.47. The summed E-state index contributed by atoms with van der Waals surface area (Å²) in [7, 11) is -4.79. The van der Waals surface area contributed by atoms with E-state index in [-0.39, 0.29) is 25.9 Å². The molecule has 78 heavy (non-hydrogen) atoms. The molecule has 0 aliphatic carbocycles. The molecule has 3 unspecified atom stereocenters. The zero-order valence-corrected chi connectivity index (χ0v) is 50.0. The number of allylic oxidation sites excluding steroid dienone is 20. The van der Waals surface area contributed by atoms with Crippen LogP contribution in [0.15, 0.2) is 122 Å². The van der Waals surface area contributed by atoms with E-state index in [0.29, 0.717) is 19.3 Å². The normalized spacial score (nSPS) is 14.2. The Morgan fingerprint density at radius 2 is 0.692 bits per heavy atom. The van der Waals surface area contributed by atoms with E-state index in [2.05, 4.69) is 130 Å². The number of esters is 3. The summed E-state index contributed by atoms with van der Waals surface area (Å²) in [6, 6.07) is 0. The average Bonchev–Trinajstić information content (AvgIpc) is 3.43. The van der Waals surface area contributed by atoms with Crippen molar-refractivity contribution in [3.8, 4) is 0 Å². The number of hydrogen-bond acceptors (Lipinski definition) is 10. The highest BCUT2D eigenvalue weighted by Gasteiger charge is 2.28. The predicted molar refractivity (Wildman–Crippen MR) is 325 cm³/mol. The van der Waals surface area contributed by atoms with E-state index in [4.69, 9.17) is 23.3 Å². The molecule has 0 fully saturated rings. The lowest BCUT2D eigenvalue weighted by Gasteiger charge is -2.21. The minimum Gasteiger partial charge on any atom is -0.462 e. The fourth-order valence-electron chi connectivity index (χ4n) is 7.80. The van der Waals surface area contributed by atoms with Crippen molar-refractivity contribution in [3.05, 3.63) is 122 Å². The molecule has 0 amide bonds. The van der Waals surface area contributed by atoms with E-state index in [9.17, 15) is 28.9 Å². The first-order valence-electron chi connectivity index (χ1n) is 30.4. The smallest absolute Gasteiger partial charge is 0.462 e. The van der Waals surface area contributed by atoms with Crippen LogP contribution in [0.3, 0.4) is 0 Å². The van der Waals surface area contributed by atoms with Gasteiger partial charge in [0.15, 0.2) is 6.10 Å². The maximum atomic E-state index is 12.9. The molecule has 444 valence electrons. The number of phosphoric ester groups is 1. The fraction of sp³-hybridized carbons (Fsp3) is 0.652. The number of aliphatic hydroxyl groups is 1. The second kappa shape index (κ2) is 59.0. The van der Waals surface area contributed by atoms with E-state index in [0.717, 1.165) is 96.3 Å². The molecular formula is C66H109O11P. The van der Waals surface area contributed by atoms with Gasteiger partial charge in [0.1, 0.15) is 12.7 Å². The maximum absolute atomic E-state index is 12.9. The van der Waals surface area contributed by atoms with Crippen molar-refractivity contribution < 1.29 is 52.2 Å². The van der Waals surface area contributed by atoms with Gasteiger partial charge < -0.3 is 24.2 Å². The summed E-state index contributed by atoms with van der Waals surface area (Å²) in [4.78, 5) is 48.6. The third kappa shape index (κ3) is 56.6. The molecule has 0 aromatic rings. The Kier molecular flexibility index (Phi) is 55.9. The van der Waals surface area contributed by atoms with E-state index in [1.165, 1.54) is 83.5 Å². The van der Waals surface area contributed by atoms with Gasteiger partial charge in [-0.05, 0) is 116 Å². The third-order valence-electron chi connectivity index (χ3n) is 12.4. The Labute approximate surface area is 475 Å². The molecule has 0 aliphatic rings. The molecule has 0 saturated heterocycles. The second-order valence-corrected chi connectivity index (χ2v) is 21.2. The van der Waals surface area contributed by atoms with Gasteiger partial charge in [-0.25, -0.2) is 4.57 Å². The van der Waals surface area contributed by atoms with Crippen LogP contribution < -0.4 is 0 Å². The van der Waals surface area contributed by atoms with Crippen LogP contribution in [0.1, 0.15) is 239 Å². The van der Waals surface area contributed by atoms with Crippen LogP contribution in [-0.4, -0.2) is 66.5 Å². The Morgan fingerprint density at radius 1 is 0.372 bits per heavy atom. The van der Waals surface area contributed by atoms with Gasteiger partial charge in [0, 0.05) is 19.3 Å². The van der Waals surface area contributed by atoms with Gasteiger partial charge in [-0.2, -0.15) is 0 Å². The number of unbranched alkanes of at least 4 members (excludes halogenated alkanes) is 18. The molecule has 2 N–H and O–H groups in total. The summed E-state index contributed by atoms with van der Waals surface area (Å²) < 4.78 is 39.5. The molecule has 0 spiro atoms. The quantitative estimate of drug-likeness (QED) is 0.0197. The zero-order valence-electron chi connectivity index (χ0n) is 49.1. The predicted octanol–water partition coefficient (Wildman–Crippen LogP) is 18.4. The molecule has 0 aromatic carbocycles. The van der Waals surface area contributed by atoms with Crippen LogP contribution in [0.2, 0.25) is 0 Å². The van der Waals surface area contributed by atoms with Crippen LogP contribution in [0.4, 0.5) is 0 Å². The Balaban J connectivity index is 4.84. The lowest BCUT2D eigenvalue weighted by molar-refractivity contribution is -0.161. The first-order chi connectivity index (χ1) is 38.2. The molecule has 0 bridgehead atoms. The third-order valence-corrected chi connectivity index (χ3v) is 13.3. The van der Waals surface area contributed by atoms with Crippen molar-refractivity contribution >= 4 is 25.7 Å². The summed E-state index contributed by atoms with van der Waals surface area (Å²) >= 11 is 0. The van der Waals surface area contributed by atoms with Gasteiger partial charge in [-0.1, -0.05) is 226 Å². The van der Waals surface area contributed by atoms with Gasteiger partial charge in [0.25, 0.3) is 0 Å². The summed E-state index contributed by atoms with van der Waals surface area (Å²) in [5.74, 6) is -1.60. The second-order valence-electron chi connectivity index (χ2n) is 19.7. The molecule has 0 rings (SSSR count). The number of carbonyl (C=O) groups is 3. The van der Waals surface area contributed by atoms with Crippen LogP contribution in [-0.2, 0) is 42.2 Å². The summed E-state index contributed by atoms with van der Waals surface area (Å²) in [5.41, 5.74) is 0. The number of hydrogen-bond donors (Lipinski definition) is 2. The molecule has 0 heterocycles. The molecule has 0 aliphatic heterocycles. The number of carbonyl (C=O) groups excluding carboxylic acids is 3. The first kappa shape index (κ1) is 73.9. The van der Waals surface area contributed by atoms with Gasteiger partial charge in [0.2, 0.25) is 0 Å². The minimum atomic E-state index is -4.79. The van der Waals surface area contributed by atoms with Gasteiger partial charge in [-0.15, -0.1) is 0 Å². The lowest BCUT2D eigenvalue weighted by atomic mass is 10.1. The minimum absolute atomic E-state index is 0.0477. The summed E-state index contributed by atoms with van der Waals surface area (Å²) in [6.45, 7) is 4.29. The topological polar surface area (TPSA) is 155 Å². The Morgan fingerprint density at radius 3 is 1.13 bits per heavy atom. The van der Waals surface area contributed by atoms with E-state index < -0.39 is 57.8 Å². The van der Waals surface area contributed by atoms with Crippen molar-refractivity contribution in [2.45, 2.75) is 251 Å². The number of aliphatic hydroxyl groups excluding tert-OH is 1. The largest absolute Gasteiger partial charge is 0.472 e. The Hall–Kier alpha value is -4.12. The molecule has 12 heteroatoms. The molecule has 0 saturated carbocycles. The van der Waals surface area contributed by atoms with Crippen molar-refractivity contribution in [1.82, 2.24) is 0 Å². The number of ether oxygens (including phenoxy) is 3. The van der Waals surface area contributed by atoms with E-state index >= 15 is 0 Å². The Bertz CT molecular complexity index is 1770. The van der Waals surface area contributed by atoms with E-state index in [1.54, 1.807) is 0 Å². The number of phosphoric acid groups is 1. The SMILES string of the molecule is CC/C=C\C/C=C\C/C=C\C/C=C\C/C=C\CCCCCC(=O)OC(COC(=O)CCCCCCCCCCC/C=C\CCCCCCCC)COP(=O)(O)OCC(CO)OC(=O)CC/C=C\C/C=C\C/C=C\C/C=C\CC.